The highest BCUT2D eigenvalue weighted by Gasteiger charge is 2.18. The molecule has 1 N–H and O–H groups in total. The van der Waals surface area contributed by atoms with Crippen molar-refractivity contribution in [2.45, 2.75) is 12.8 Å². The number of halogens is 3. The second-order valence-electron chi connectivity index (χ2n) is 3.77. The summed E-state index contributed by atoms with van der Waals surface area (Å²) in [6.45, 7) is 1.98. The largest absolute Gasteiger partial charge is 0.316 e. The van der Waals surface area contributed by atoms with E-state index in [0.29, 0.717) is 11.1 Å². The second kappa shape index (κ2) is 4.64. The van der Waals surface area contributed by atoms with Gasteiger partial charge in [0.15, 0.2) is 11.0 Å². The third-order valence-corrected chi connectivity index (χ3v) is 3.22. The van der Waals surface area contributed by atoms with Crippen LogP contribution in [0.15, 0.2) is 6.07 Å². The molecule has 2 heterocycles. The number of pyridine rings is 1. The summed E-state index contributed by atoms with van der Waals surface area (Å²) in [5.74, 6) is 0.0203. The number of aromatic nitrogens is 1. The Kier molecular flexibility index (Phi) is 3.44. The molecule has 1 aliphatic rings. The molecule has 5 heteroatoms. The number of rotatable bonds is 2. The van der Waals surface area contributed by atoms with Gasteiger partial charge in [-0.2, -0.15) is 0 Å². The molecule has 15 heavy (non-hydrogen) atoms. The Hall–Kier alpha value is -0.380. The summed E-state index contributed by atoms with van der Waals surface area (Å²) in [5, 5.41) is 3.41. The lowest BCUT2D eigenvalue weighted by atomic mass is 10.00. The average Bonchev–Trinajstić information content (AvgIpc) is 2.67. The number of nitrogens with one attached hydrogen (secondary N) is 1. The van der Waals surface area contributed by atoms with Gasteiger partial charge in [-0.1, -0.05) is 23.2 Å². The Morgan fingerprint density at radius 1 is 1.47 bits per heavy atom. The normalized spacial score (nSPS) is 20.9. The van der Waals surface area contributed by atoms with Gasteiger partial charge >= 0.3 is 0 Å². The zero-order chi connectivity index (χ0) is 10.8. The molecule has 0 spiro atoms. The van der Waals surface area contributed by atoms with E-state index in [-0.39, 0.29) is 5.15 Å². The van der Waals surface area contributed by atoms with Crippen molar-refractivity contribution < 1.29 is 4.39 Å². The Bertz CT molecular complexity index is 365. The van der Waals surface area contributed by atoms with Gasteiger partial charge in [-0.25, -0.2) is 9.37 Å². The summed E-state index contributed by atoms with van der Waals surface area (Å²) in [7, 11) is 0. The summed E-state index contributed by atoms with van der Waals surface area (Å²) in [4.78, 5) is 3.75. The summed E-state index contributed by atoms with van der Waals surface area (Å²) < 4.78 is 13.2. The van der Waals surface area contributed by atoms with E-state index >= 15 is 0 Å². The molecule has 0 amide bonds. The molecule has 1 aliphatic heterocycles. The molecule has 1 fully saturated rings. The summed E-state index contributed by atoms with van der Waals surface area (Å²) in [6, 6.07) is 1.38. The van der Waals surface area contributed by atoms with Gasteiger partial charge in [0.05, 0.1) is 0 Å². The van der Waals surface area contributed by atoms with E-state index in [4.69, 9.17) is 23.2 Å². The summed E-state index contributed by atoms with van der Waals surface area (Å²) in [6.07, 6.45) is 1.85. The highest BCUT2D eigenvalue weighted by molar-refractivity contribution is 6.32. The van der Waals surface area contributed by atoms with E-state index in [1.807, 2.05) is 0 Å². The van der Waals surface area contributed by atoms with Crippen molar-refractivity contribution in [2.24, 2.45) is 5.92 Å². The van der Waals surface area contributed by atoms with Crippen LogP contribution in [0.25, 0.3) is 0 Å². The predicted octanol–water partition coefficient (Wildman–Crippen LogP) is 2.68. The van der Waals surface area contributed by atoms with Gasteiger partial charge in [-0.05, 0) is 43.5 Å². The minimum atomic E-state index is -0.498. The molecular weight excluding hydrogens is 238 g/mol. The molecule has 1 unspecified atom stereocenters. The van der Waals surface area contributed by atoms with Crippen LogP contribution in [0.5, 0.6) is 0 Å². The maximum absolute atomic E-state index is 13.2. The van der Waals surface area contributed by atoms with E-state index in [1.165, 1.54) is 6.07 Å². The Morgan fingerprint density at radius 3 is 2.93 bits per heavy atom. The molecule has 2 nitrogen and oxygen atoms in total. The topological polar surface area (TPSA) is 24.9 Å². The van der Waals surface area contributed by atoms with E-state index < -0.39 is 5.82 Å². The van der Waals surface area contributed by atoms with E-state index in [9.17, 15) is 4.39 Å². The van der Waals surface area contributed by atoms with Gasteiger partial charge in [0.25, 0.3) is 0 Å². The Morgan fingerprint density at radius 2 is 2.27 bits per heavy atom. The maximum atomic E-state index is 13.2. The zero-order valence-electron chi connectivity index (χ0n) is 8.06. The molecular formula is C10H11Cl2FN2. The molecule has 1 saturated heterocycles. The fraction of sp³-hybridized carbons (Fsp3) is 0.500. The van der Waals surface area contributed by atoms with Gasteiger partial charge in [-0.3, -0.25) is 0 Å². The quantitative estimate of drug-likeness (QED) is 0.815. The fourth-order valence-corrected chi connectivity index (χ4v) is 2.22. The van der Waals surface area contributed by atoms with Crippen LogP contribution in [-0.2, 0) is 6.42 Å². The van der Waals surface area contributed by atoms with Gasteiger partial charge in [-0.15, -0.1) is 0 Å². The van der Waals surface area contributed by atoms with Gasteiger partial charge in [0, 0.05) is 0 Å². The lowest BCUT2D eigenvalue weighted by Crippen LogP contribution is -2.11. The van der Waals surface area contributed by atoms with Crippen LogP contribution in [0.2, 0.25) is 10.3 Å². The molecule has 0 radical (unpaired) electrons. The molecule has 1 aromatic heterocycles. The molecule has 0 aliphatic carbocycles. The highest BCUT2D eigenvalue weighted by Crippen LogP contribution is 2.24. The van der Waals surface area contributed by atoms with Crippen LogP contribution in [0.4, 0.5) is 4.39 Å². The van der Waals surface area contributed by atoms with Crippen molar-refractivity contribution >= 4 is 23.2 Å². The lowest BCUT2D eigenvalue weighted by Gasteiger charge is -2.09. The molecule has 0 aromatic carbocycles. The summed E-state index contributed by atoms with van der Waals surface area (Å²) >= 11 is 11.4. The molecule has 0 saturated carbocycles. The van der Waals surface area contributed by atoms with Crippen LogP contribution in [0.1, 0.15) is 12.0 Å². The van der Waals surface area contributed by atoms with Crippen molar-refractivity contribution in [3.63, 3.8) is 0 Å². The Balaban J connectivity index is 2.16. The maximum Gasteiger partial charge on any atom is 0.166 e. The number of hydrogen-bond donors (Lipinski definition) is 1. The first-order valence-electron chi connectivity index (χ1n) is 4.88. The van der Waals surface area contributed by atoms with Gasteiger partial charge in [0.2, 0.25) is 0 Å². The van der Waals surface area contributed by atoms with Gasteiger partial charge < -0.3 is 5.32 Å². The van der Waals surface area contributed by atoms with Crippen LogP contribution in [-0.4, -0.2) is 18.1 Å². The lowest BCUT2D eigenvalue weighted by molar-refractivity contribution is 0.570. The molecule has 82 valence electrons. The van der Waals surface area contributed by atoms with E-state index in [1.54, 1.807) is 0 Å². The van der Waals surface area contributed by atoms with Crippen molar-refractivity contribution in [2.75, 3.05) is 13.1 Å². The van der Waals surface area contributed by atoms with Crippen LogP contribution >= 0.6 is 23.2 Å². The van der Waals surface area contributed by atoms with Crippen LogP contribution < -0.4 is 5.32 Å². The first-order valence-corrected chi connectivity index (χ1v) is 5.63. The first kappa shape index (κ1) is 11.1. The molecule has 0 bridgehead atoms. The molecule has 2 rings (SSSR count). The minimum Gasteiger partial charge on any atom is -0.316 e. The monoisotopic (exact) mass is 248 g/mol. The third-order valence-electron chi connectivity index (χ3n) is 2.63. The van der Waals surface area contributed by atoms with Crippen molar-refractivity contribution in [3.05, 3.63) is 27.8 Å². The minimum absolute atomic E-state index is 0.159. The molecule has 1 aromatic rings. The van der Waals surface area contributed by atoms with Gasteiger partial charge in [0.1, 0.15) is 5.15 Å². The smallest absolute Gasteiger partial charge is 0.166 e. The van der Waals surface area contributed by atoms with Crippen LogP contribution in [0, 0.1) is 11.7 Å². The highest BCUT2D eigenvalue weighted by atomic mass is 35.5. The number of hydrogen-bond acceptors (Lipinski definition) is 2. The van der Waals surface area contributed by atoms with E-state index in [2.05, 4.69) is 10.3 Å². The molecule has 1 atom stereocenters. The Labute approximate surface area is 97.8 Å². The standard InChI is InChI=1S/C10H11Cl2FN2/c11-9-7(3-6-1-2-14-5-6)4-8(13)10(12)15-9/h4,6,14H,1-3,5H2. The van der Waals surface area contributed by atoms with E-state index in [0.717, 1.165) is 31.5 Å². The zero-order valence-corrected chi connectivity index (χ0v) is 9.58. The second-order valence-corrected chi connectivity index (χ2v) is 4.49. The van der Waals surface area contributed by atoms with Crippen molar-refractivity contribution in [1.82, 2.24) is 10.3 Å². The van der Waals surface area contributed by atoms with Crippen molar-refractivity contribution in [3.8, 4) is 0 Å². The van der Waals surface area contributed by atoms with Crippen molar-refractivity contribution in [1.29, 1.82) is 0 Å². The third kappa shape index (κ3) is 2.60. The first-order chi connectivity index (χ1) is 7.16. The SMILES string of the molecule is Fc1cc(CC2CCNC2)c(Cl)nc1Cl. The predicted molar refractivity (Wildman–Crippen MR) is 58.9 cm³/mol. The average molecular weight is 249 g/mol. The van der Waals surface area contributed by atoms with Crippen LogP contribution in [0.3, 0.4) is 0 Å². The summed E-state index contributed by atoms with van der Waals surface area (Å²) in [5.41, 5.74) is 0.743. The fourth-order valence-electron chi connectivity index (χ4n) is 1.83. The number of nitrogens with zero attached hydrogens (tertiary/aromatic N) is 1.